The van der Waals surface area contributed by atoms with E-state index in [1.165, 1.54) is 25.6 Å². The fraction of sp³-hybridized carbons (Fsp3) is 0.227. The van der Waals surface area contributed by atoms with E-state index in [1.807, 2.05) is 31.2 Å². The summed E-state index contributed by atoms with van der Waals surface area (Å²) < 4.78 is 11.4. The first-order valence-corrected chi connectivity index (χ1v) is 10.7. The molecule has 0 fully saturated rings. The monoisotopic (exact) mass is 436 g/mol. The van der Waals surface area contributed by atoms with Crippen molar-refractivity contribution < 1.29 is 19.1 Å². The topological polar surface area (TPSA) is 94.5 Å². The maximum atomic E-state index is 12.7. The number of thioether (sulfide) groups is 1. The molecule has 0 saturated carbocycles. The van der Waals surface area contributed by atoms with Gasteiger partial charge in [0.1, 0.15) is 5.75 Å². The molecule has 3 aromatic rings. The number of carbonyl (C=O) groups is 2. The van der Waals surface area contributed by atoms with Crippen LogP contribution in [0, 0.1) is 0 Å². The minimum Gasteiger partial charge on any atom is -0.447 e. The van der Waals surface area contributed by atoms with Gasteiger partial charge in [0.15, 0.2) is 5.69 Å². The quantitative estimate of drug-likeness (QED) is 0.344. The molecule has 158 valence electrons. The van der Waals surface area contributed by atoms with E-state index in [2.05, 4.69) is 15.2 Å². The first kappa shape index (κ1) is 20.8. The maximum absolute atomic E-state index is 12.7. The summed E-state index contributed by atoms with van der Waals surface area (Å²) in [5, 5.41) is 9.05. The first-order valence-electron chi connectivity index (χ1n) is 9.69. The van der Waals surface area contributed by atoms with Crippen LogP contribution in [0.1, 0.15) is 32.6 Å². The summed E-state index contributed by atoms with van der Waals surface area (Å²) >= 11 is 1.45. The maximum Gasteiger partial charge on any atom is 0.308 e. The molecule has 1 aliphatic rings. The smallest absolute Gasteiger partial charge is 0.308 e. The summed E-state index contributed by atoms with van der Waals surface area (Å²) in [6, 6.07) is 14.2. The van der Waals surface area contributed by atoms with E-state index in [9.17, 15) is 9.59 Å². The first-order chi connectivity index (χ1) is 15.0. The molecule has 8 nitrogen and oxygen atoms in total. The Morgan fingerprint density at radius 3 is 2.52 bits per heavy atom. The number of anilines is 1. The minimum atomic E-state index is -0.789. The molecule has 9 heteroatoms. The second-order valence-electron chi connectivity index (χ2n) is 6.72. The molecular formula is C22H20N4O4S. The lowest BCUT2D eigenvalue weighted by Crippen LogP contribution is -2.36. The predicted octanol–water partition coefficient (Wildman–Crippen LogP) is 4.02. The Morgan fingerprint density at radius 2 is 1.84 bits per heavy atom. The number of hydrogen-bond donors (Lipinski definition) is 0. The van der Waals surface area contributed by atoms with Crippen LogP contribution in [0.5, 0.6) is 11.6 Å². The van der Waals surface area contributed by atoms with Crippen molar-refractivity contribution in [3.63, 3.8) is 0 Å². The van der Waals surface area contributed by atoms with Gasteiger partial charge in [0.2, 0.25) is 23.2 Å². The van der Waals surface area contributed by atoms with Crippen molar-refractivity contribution >= 4 is 29.3 Å². The van der Waals surface area contributed by atoms with Crippen molar-refractivity contribution in [3.8, 4) is 22.9 Å². The van der Waals surface area contributed by atoms with Crippen LogP contribution >= 0.6 is 11.8 Å². The Labute approximate surface area is 183 Å². The zero-order valence-electron chi connectivity index (χ0n) is 17.2. The van der Waals surface area contributed by atoms with Gasteiger partial charge in [0, 0.05) is 25.0 Å². The molecule has 0 unspecified atom stereocenters. The zero-order chi connectivity index (χ0) is 22.0. The summed E-state index contributed by atoms with van der Waals surface area (Å²) in [6.45, 7) is 4.82. The van der Waals surface area contributed by atoms with Crippen molar-refractivity contribution in [2.75, 3.05) is 10.7 Å². The number of carbonyl (C=O) groups excluding carboxylic acids is 2. The van der Waals surface area contributed by atoms with Crippen molar-refractivity contribution in [1.29, 1.82) is 0 Å². The number of ether oxygens (including phenoxy) is 2. The minimum absolute atomic E-state index is 0.203. The van der Waals surface area contributed by atoms with Gasteiger partial charge in [-0.05, 0) is 36.1 Å². The van der Waals surface area contributed by atoms with Crippen LogP contribution < -0.4 is 14.4 Å². The third-order valence-electron chi connectivity index (χ3n) is 4.55. The highest BCUT2D eigenvalue weighted by molar-refractivity contribution is 7.99. The molecule has 0 radical (unpaired) electrons. The standard InChI is InChI=1S/C22H20N4O4S/c1-4-31-22-23-20-19(24-25-22)17-7-5-6-8-18(17)26(13(2)27)21(30-20)15-9-11-16(12-10-15)29-14(3)28/h5-12,21H,4H2,1-3H3/t21-/m1/s1. The number of amides is 1. The molecule has 31 heavy (non-hydrogen) atoms. The van der Waals surface area contributed by atoms with Crippen LogP contribution in [0.25, 0.3) is 11.3 Å². The molecule has 0 bridgehead atoms. The fourth-order valence-electron chi connectivity index (χ4n) is 3.33. The van der Waals surface area contributed by atoms with Crippen LogP contribution in [0.4, 0.5) is 5.69 Å². The van der Waals surface area contributed by atoms with Gasteiger partial charge >= 0.3 is 5.97 Å². The molecular weight excluding hydrogens is 416 g/mol. The third kappa shape index (κ3) is 4.22. The number of benzene rings is 2. The highest BCUT2D eigenvalue weighted by Crippen LogP contribution is 2.43. The second-order valence-corrected chi connectivity index (χ2v) is 7.95. The fourth-order valence-corrected chi connectivity index (χ4v) is 3.83. The molecule has 1 aromatic heterocycles. The largest absolute Gasteiger partial charge is 0.447 e. The van der Waals surface area contributed by atoms with E-state index in [0.29, 0.717) is 39.3 Å². The Hall–Kier alpha value is -3.46. The van der Waals surface area contributed by atoms with E-state index >= 15 is 0 Å². The lowest BCUT2D eigenvalue weighted by atomic mass is 10.1. The number of nitrogens with zero attached hydrogens (tertiary/aromatic N) is 4. The van der Waals surface area contributed by atoms with Crippen LogP contribution in [-0.4, -0.2) is 32.8 Å². The van der Waals surface area contributed by atoms with Gasteiger partial charge in [-0.25, -0.2) is 0 Å². The number of aromatic nitrogens is 3. The SMILES string of the molecule is CCSc1nnc2c(n1)O[C@H](c1ccc(OC(C)=O)cc1)N(C(C)=O)c1ccccc1-2. The Morgan fingerprint density at radius 1 is 1.10 bits per heavy atom. The van der Waals surface area contributed by atoms with Crippen LogP contribution in [-0.2, 0) is 9.59 Å². The molecule has 2 heterocycles. The number of hydrogen-bond acceptors (Lipinski definition) is 8. The lowest BCUT2D eigenvalue weighted by Gasteiger charge is -2.29. The van der Waals surface area contributed by atoms with Crippen molar-refractivity contribution in [1.82, 2.24) is 15.2 Å². The van der Waals surface area contributed by atoms with E-state index in [-0.39, 0.29) is 5.91 Å². The third-order valence-corrected chi connectivity index (χ3v) is 5.27. The number of esters is 1. The summed E-state index contributed by atoms with van der Waals surface area (Å²) in [4.78, 5) is 30.1. The van der Waals surface area contributed by atoms with E-state index in [0.717, 1.165) is 5.75 Å². The highest BCUT2D eigenvalue weighted by atomic mass is 32.2. The predicted molar refractivity (Wildman–Crippen MR) is 116 cm³/mol. The zero-order valence-corrected chi connectivity index (χ0v) is 18.0. The Bertz CT molecular complexity index is 1140. The molecule has 1 aliphatic heterocycles. The molecule has 0 saturated heterocycles. The van der Waals surface area contributed by atoms with E-state index in [1.54, 1.807) is 29.2 Å². The van der Waals surface area contributed by atoms with Gasteiger partial charge in [-0.2, -0.15) is 4.98 Å². The van der Waals surface area contributed by atoms with E-state index in [4.69, 9.17) is 9.47 Å². The Balaban J connectivity index is 1.85. The average molecular weight is 436 g/mol. The van der Waals surface area contributed by atoms with Gasteiger partial charge in [-0.1, -0.05) is 36.9 Å². The van der Waals surface area contributed by atoms with Crippen molar-refractivity contribution in [2.45, 2.75) is 32.2 Å². The van der Waals surface area contributed by atoms with Gasteiger partial charge < -0.3 is 9.47 Å². The molecule has 1 amide bonds. The van der Waals surface area contributed by atoms with Gasteiger partial charge in [-0.3, -0.25) is 14.5 Å². The second kappa shape index (κ2) is 8.73. The summed E-state index contributed by atoms with van der Waals surface area (Å²) in [7, 11) is 0. The molecule has 0 N–H and O–H groups in total. The average Bonchev–Trinajstić information content (AvgIpc) is 2.88. The van der Waals surface area contributed by atoms with Crippen LogP contribution in [0.3, 0.4) is 0 Å². The highest BCUT2D eigenvalue weighted by Gasteiger charge is 2.34. The summed E-state index contributed by atoms with van der Waals surface area (Å²) in [5.74, 6) is 0.889. The van der Waals surface area contributed by atoms with Crippen molar-refractivity contribution in [2.24, 2.45) is 0 Å². The molecule has 1 atom stereocenters. The van der Waals surface area contributed by atoms with E-state index < -0.39 is 12.2 Å². The Kier molecular flexibility index (Phi) is 5.85. The van der Waals surface area contributed by atoms with Gasteiger partial charge in [0.25, 0.3) is 0 Å². The van der Waals surface area contributed by atoms with Gasteiger partial charge in [0.05, 0.1) is 5.69 Å². The summed E-state index contributed by atoms with van der Waals surface area (Å²) in [5.41, 5.74) is 2.52. The molecule has 4 rings (SSSR count). The summed E-state index contributed by atoms with van der Waals surface area (Å²) in [6.07, 6.45) is -0.789. The lowest BCUT2D eigenvalue weighted by molar-refractivity contribution is -0.131. The number of para-hydroxylation sites is 1. The number of rotatable bonds is 4. The molecule has 0 spiro atoms. The molecule has 0 aliphatic carbocycles. The number of fused-ring (bicyclic) bond motifs is 3. The van der Waals surface area contributed by atoms with Crippen LogP contribution in [0.2, 0.25) is 0 Å². The van der Waals surface area contributed by atoms with Crippen LogP contribution in [0.15, 0.2) is 53.7 Å². The normalized spacial score (nSPS) is 14.7. The van der Waals surface area contributed by atoms with Crippen molar-refractivity contribution in [3.05, 3.63) is 54.1 Å². The molecule has 2 aromatic carbocycles. The van der Waals surface area contributed by atoms with Gasteiger partial charge in [-0.15, -0.1) is 10.2 Å².